The minimum atomic E-state index is -1.42. The van der Waals surface area contributed by atoms with Crippen LogP contribution >= 0.6 is 0 Å². The smallest absolute Gasteiger partial charge is 0.171 e. The average molecular weight is 135 g/mol. The summed E-state index contributed by atoms with van der Waals surface area (Å²) in [6.07, 6.45) is -1.42. The van der Waals surface area contributed by atoms with Crippen molar-refractivity contribution in [1.82, 2.24) is 5.48 Å². The summed E-state index contributed by atoms with van der Waals surface area (Å²) in [5.41, 5.74) is 1.61. The van der Waals surface area contributed by atoms with Crippen LogP contribution < -0.4 is 5.48 Å². The molecule has 4 heteroatoms. The van der Waals surface area contributed by atoms with E-state index in [1.54, 1.807) is 13.8 Å². The highest BCUT2D eigenvalue weighted by molar-refractivity contribution is 4.74. The van der Waals surface area contributed by atoms with Crippen LogP contribution in [0.4, 0.5) is 0 Å². The van der Waals surface area contributed by atoms with Crippen molar-refractivity contribution in [3.63, 3.8) is 0 Å². The number of hydrogen-bond acceptors (Lipinski definition) is 4. The van der Waals surface area contributed by atoms with Crippen LogP contribution in [0.5, 0.6) is 0 Å². The van der Waals surface area contributed by atoms with Gasteiger partial charge in [0.1, 0.15) is 0 Å². The normalized spacial score (nSPS) is 12.7. The van der Waals surface area contributed by atoms with Gasteiger partial charge < -0.3 is 15.1 Å². The van der Waals surface area contributed by atoms with Crippen LogP contribution in [0.25, 0.3) is 0 Å². The Balaban J connectivity index is 3.70. The number of aliphatic hydroxyl groups is 2. The maximum atomic E-state index is 8.62. The zero-order valence-electron chi connectivity index (χ0n) is 5.88. The molecule has 0 amide bonds. The molecule has 0 bridgehead atoms. The van der Waals surface area contributed by atoms with Crippen molar-refractivity contribution in [3.8, 4) is 0 Å². The predicted molar refractivity (Wildman–Crippen MR) is 32.4 cm³/mol. The molecule has 0 aliphatic rings. The third-order valence-electron chi connectivity index (χ3n) is 1.01. The van der Waals surface area contributed by atoms with E-state index < -0.39 is 11.8 Å². The Labute approximate surface area is 54.4 Å². The van der Waals surface area contributed by atoms with Gasteiger partial charge in [0.2, 0.25) is 0 Å². The highest BCUT2D eigenvalue weighted by atomic mass is 16.6. The van der Waals surface area contributed by atoms with E-state index in [4.69, 9.17) is 10.2 Å². The van der Waals surface area contributed by atoms with Gasteiger partial charge in [-0.1, -0.05) is 0 Å². The second-order valence-electron chi connectivity index (χ2n) is 2.40. The second kappa shape index (κ2) is 3.12. The van der Waals surface area contributed by atoms with Gasteiger partial charge in [0.15, 0.2) is 6.29 Å². The fourth-order valence-electron chi connectivity index (χ4n) is 0.316. The van der Waals surface area contributed by atoms with Crippen molar-refractivity contribution in [2.45, 2.75) is 25.7 Å². The van der Waals surface area contributed by atoms with E-state index in [1.807, 2.05) is 0 Å². The highest BCUT2D eigenvalue weighted by Crippen LogP contribution is 2.04. The minimum Gasteiger partial charge on any atom is -0.366 e. The molecule has 0 aromatic rings. The summed E-state index contributed by atoms with van der Waals surface area (Å²) in [6, 6.07) is 0. The van der Waals surface area contributed by atoms with Crippen molar-refractivity contribution in [2.24, 2.45) is 0 Å². The Morgan fingerprint density at radius 2 is 1.89 bits per heavy atom. The quantitative estimate of drug-likeness (QED) is 0.351. The number of aliphatic hydroxyl groups excluding tert-OH is 1. The molecule has 0 unspecified atom stereocenters. The van der Waals surface area contributed by atoms with Gasteiger partial charge in [-0.3, -0.25) is 0 Å². The van der Waals surface area contributed by atoms with Crippen LogP contribution in [0.15, 0.2) is 0 Å². The first-order valence-electron chi connectivity index (χ1n) is 2.67. The van der Waals surface area contributed by atoms with Gasteiger partial charge in [-0.2, -0.15) is 5.48 Å². The van der Waals surface area contributed by atoms with Crippen molar-refractivity contribution in [2.75, 3.05) is 7.11 Å². The first kappa shape index (κ1) is 8.84. The summed E-state index contributed by atoms with van der Waals surface area (Å²) >= 11 is 0. The molecule has 0 fully saturated rings. The zero-order valence-corrected chi connectivity index (χ0v) is 5.88. The van der Waals surface area contributed by atoms with Gasteiger partial charge in [-0.25, -0.2) is 0 Å². The first-order chi connectivity index (χ1) is 4.00. The zero-order chi connectivity index (χ0) is 7.49. The minimum absolute atomic E-state index is 0.811. The summed E-state index contributed by atoms with van der Waals surface area (Å²) in [5.74, 6) is 0. The standard InChI is InChI=1S/C5H13NO3/c1-5(2,4(7)8)6-9-3/h4,6-8H,1-3H3. The summed E-state index contributed by atoms with van der Waals surface area (Å²) in [7, 11) is 1.42. The lowest BCUT2D eigenvalue weighted by atomic mass is 10.1. The monoisotopic (exact) mass is 135 g/mol. The third kappa shape index (κ3) is 2.76. The lowest BCUT2D eigenvalue weighted by molar-refractivity contribution is -0.138. The largest absolute Gasteiger partial charge is 0.366 e. The second-order valence-corrected chi connectivity index (χ2v) is 2.40. The van der Waals surface area contributed by atoms with Crippen molar-refractivity contribution in [3.05, 3.63) is 0 Å². The Hall–Kier alpha value is -0.160. The van der Waals surface area contributed by atoms with E-state index in [0.717, 1.165) is 0 Å². The molecular formula is C5H13NO3. The fourth-order valence-corrected chi connectivity index (χ4v) is 0.316. The molecule has 56 valence electrons. The molecule has 0 radical (unpaired) electrons. The number of hydroxylamine groups is 1. The summed E-state index contributed by atoms with van der Waals surface area (Å²) in [6.45, 7) is 3.22. The van der Waals surface area contributed by atoms with Crippen LogP contribution in [0.1, 0.15) is 13.8 Å². The van der Waals surface area contributed by atoms with Crippen LogP contribution in [0.3, 0.4) is 0 Å². The Morgan fingerprint density at radius 1 is 1.44 bits per heavy atom. The molecule has 3 N–H and O–H groups in total. The predicted octanol–water partition coefficient (Wildman–Crippen LogP) is -0.773. The van der Waals surface area contributed by atoms with Gasteiger partial charge in [-0.05, 0) is 13.8 Å². The molecule has 9 heavy (non-hydrogen) atoms. The maximum Gasteiger partial charge on any atom is 0.171 e. The summed E-state index contributed by atoms with van der Waals surface area (Å²) in [5, 5.41) is 17.2. The van der Waals surface area contributed by atoms with Crippen LogP contribution in [-0.4, -0.2) is 29.2 Å². The van der Waals surface area contributed by atoms with Crippen LogP contribution in [0, 0.1) is 0 Å². The van der Waals surface area contributed by atoms with Gasteiger partial charge in [-0.15, -0.1) is 0 Å². The molecule has 0 heterocycles. The molecular weight excluding hydrogens is 122 g/mol. The van der Waals surface area contributed by atoms with Gasteiger partial charge in [0.25, 0.3) is 0 Å². The Morgan fingerprint density at radius 3 is 2.00 bits per heavy atom. The van der Waals surface area contributed by atoms with Gasteiger partial charge in [0.05, 0.1) is 12.6 Å². The molecule has 0 aliphatic carbocycles. The van der Waals surface area contributed by atoms with E-state index in [2.05, 4.69) is 10.3 Å². The van der Waals surface area contributed by atoms with Crippen molar-refractivity contribution in [1.29, 1.82) is 0 Å². The number of hydrogen-bond donors (Lipinski definition) is 3. The van der Waals surface area contributed by atoms with E-state index in [9.17, 15) is 0 Å². The average Bonchev–Trinajstić information content (AvgIpc) is 1.65. The van der Waals surface area contributed by atoms with E-state index in [1.165, 1.54) is 7.11 Å². The third-order valence-corrected chi connectivity index (χ3v) is 1.01. The topological polar surface area (TPSA) is 61.7 Å². The van der Waals surface area contributed by atoms with Crippen molar-refractivity contribution < 1.29 is 15.1 Å². The Kier molecular flexibility index (Phi) is 3.07. The summed E-state index contributed by atoms with van der Waals surface area (Å²) < 4.78 is 0. The molecule has 4 nitrogen and oxygen atoms in total. The van der Waals surface area contributed by atoms with Crippen molar-refractivity contribution >= 4 is 0 Å². The van der Waals surface area contributed by atoms with E-state index in [0.29, 0.717) is 0 Å². The molecule has 0 spiro atoms. The highest BCUT2D eigenvalue weighted by Gasteiger charge is 2.25. The molecule has 0 rings (SSSR count). The summed E-state index contributed by atoms with van der Waals surface area (Å²) in [4.78, 5) is 4.50. The van der Waals surface area contributed by atoms with Crippen LogP contribution in [-0.2, 0) is 4.84 Å². The van der Waals surface area contributed by atoms with E-state index in [-0.39, 0.29) is 0 Å². The SMILES string of the molecule is CONC(C)(C)C(O)O. The maximum absolute atomic E-state index is 8.62. The van der Waals surface area contributed by atoms with Gasteiger partial charge in [0, 0.05) is 0 Å². The molecule has 0 aromatic carbocycles. The molecule has 0 aliphatic heterocycles. The molecule has 0 atom stereocenters. The van der Waals surface area contributed by atoms with E-state index >= 15 is 0 Å². The van der Waals surface area contributed by atoms with Crippen LogP contribution in [0.2, 0.25) is 0 Å². The van der Waals surface area contributed by atoms with Gasteiger partial charge >= 0.3 is 0 Å². The number of nitrogens with one attached hydrogen (secondary N) is 1. The Bertz CT molecular complexity index is 82.3. The molecule has 0 saturated carbocycles. The first-order valence-corrected chi connectivity index (χ1v) is 2.67. The lowest BCUT2D eigenvalue weighted by Crippen LogP contribution is -2.48. The fraction of sp³-hybridized carbons (Fsp3) is 1.00. The lowest BCUT2D eigenvalue weighted by Gasteiger charge is -2.25. The molecule has 0 saturated heterocycles. The number of rotatable bonds is 3. The molecule has 0 aromatic heterocycles.